The molecule has 0 aliphatic carbocycles. The van der Waals surface area contributed by atoms with Gasteiger partial charge in [-0.25, -0.2) is 18.2 Å². The molecule has 3 aromatic rings. The van der Waals surface area contributed by atoms with Gasteiger partial charge in [0.25, 0.3) is 10.0 Å². The Morgan fingerprint density at radius 2 is 1.86 bits per heavy atom. The van der Waals surface area contributed by atoms with E-state index in [-0.39, 0.29) is 22.2 Å². The van der Waals surface area contributed by atoms with Crippen LogP contribution in [0, 0.1) is 0 Å². The molecule has 0 unspecified atom stereocenters. The molecule has 12 heteroatoms. The highest BCUT2D eigenvalue weighted by atomic mass is 35.5. The van der Waals surface area contributed by atoms with E-state index in [1.807, 2.05) is 10.8 Å². The predicted molar refractivity (Wildman–Crippen MR) is 139 cm³/mol. The zero-order valence-corrected chi connectivity index (χ0v) is 22.2. The quantitative estimate of drug-likeness (QED) is 0.338. The van der Waals surface area contributed by atoms with E-state index in [0.29, 0.717) is 30.1 Å². The van der Waals surface area contributed by atoms with Crippen molar-refractivity contribution in [3.05, 3.63) is 76.8 Å². The lowest BCUT2D eigenvalue weighted by atomic mass is 10.0. The summed E-state index contributed by atoms with van der Waals surface area (Å²) >= 11 is 12.2. The smallest absolute Gasteiger partial charge is 0.407 e. The van der Waals surface area contributed by atoms with Crippen LogP contribution in [0.1, 0.15) is 25.8 Å². The molecular weight excluding hydrogens is 527 g/mol. The summed E-state index contributed by atoms with van der Waals surface area (Å²) < 4.78 is 36.1. The average molecular weight is 555 g/mol. The number of aliphatic hydroxyl groups excluding tert-OH is 1. The van der Waals surface area contributed by atoms with Gasteiger partial charge in [0.05, 0.1) is 29.1 Å². The molecule has 0 spiro atoms. The Hall–Kier alpha value is -2.79. The van der Waals surface area contributed by atoms with Crippen LogP contribution in [0.25, 0.3) is 0 Å². The topological polar surface area (TPSA) is 114 Å². The van der Waals surface area contributed by atoms with Crippen LogP contribution in [0.5, 0.6) is 0 Å². The minimum atomic E-state index is -4.19. The third-order valence-electron chi connectivity index (χ3n) is 5.32. The van der Waals surface area contributed by atoms with Crippen LogP contribution in [0.15, 0.2) is 66.1 Å². The molecule has 0 bridgehead atoms. The molecule has 0 saturated heterocycles. The van der Waals surface area contributed by atoms with Gasteiger partial charge in [0.1, 0.15) is 6.61 Å². The van der Waals surface area contributed by atoms with Crippen molar-refractivity contribution in [2.75, 3.05) is 17.5 Å². The molecule has 1 amide bonds. The lowest BCUT2D eigenvalue weighted by Crippen LogP contribution is -2.52. The summed E-state index contributed by atoms with van der Waals surface area (Å²) in [7, 11) is -4.19. The van der Waals surface area contributed by atoms with Gasteiger partial charge in [0, 0.05) is 41.1 Å². The summed E-state index contributed by atoms with van der Waals surface area (Å²) in [5.41, 5.74) is -0.746. The first kappa shape index (κ1) is 27.8. The molecule has 0 saturated carbocycles. The number of rotatable bonds is 11. The fourth-order valence-electron chi connectivity index (χ4n) is 3.58. The van der Waals surface area contributed by atoms with Crippen molar-refractivity contribution in [3.8, 4) is 0 Å². The van der Waals surface area contributed by atoms with Crippen molar-refractivity contribution in [2.45, 2.75) is 43.9 Å². The second kappa shape index (κ2) is 12.0. The number of imidazole rings is 1. The number of ether oxygens (including phenoxy) is 1. The zero-order valence-electron chi connectivity index (χ0n) is 19.9. The maximum absolute atomic E-state index is 13.8. The molecule has 36 heavy (non-hydrogen) atoms. The number of aliphatic hydroxyl groups is 1. The molecule has 2 aromatic carbocycles. The normalized spacial score (nSPS) is 11.8. The number of hydrogen-bond donors (Lipinski definition) is 2. The highest BCUT2D eigenvalue weighted by Gasteiger charge is 2.40. The first-order valence-corrected chi connectivity index (χ1v) is 13.3. The second-order valence-corrected chi connectivity index (χ2v) is 11.3. The van der Waals surface area contributed by atoms with E-state index in [0.717, 1.165) is 4.31 Å². The summed E-state index contributed by atoms with van der Waals surface area (Å²) in [5, 5.41) is 13.3. The van der Waals surface area contributed by atoms with Gasteiger partial charge in [-0.1, -0.05) is 29.3 Å². The van der Waals surface area contributed by atoms with Crippen LogP contribution >= 0.6 is 23.2 Å². The summed E-state index contributed by atoms with van der Waals surface area (Å²) in [6.45, 7) is 3.59. The van der Waals surface area contributed by atoms with Crippen LogP contribution in [-0.2, 0) is 27.9 Å². The van der Waals surface area contributed by atoms with Crippen molar-refractivity contribution in [3.63, 3.8) is 0 Å². The van der Waals surface area contributed by atoms with Gasteiger partial charge in [-0.05, 0) is 56.7 Å². The molecular formula is C24H28Cl2N4O5S. The van der Waals surface area contributed by atoms with Gasteiger partial charge in [0.2, 0.25) is 0 Å². The number of carbonyl (C=O) groups excluding carboxylic acids is 1. The first-order chi connectivity index (χ1) is 17.0. The molecule has 0 aliphatic rings. The van der Waals surface area contributed by atoms with Crippen molar-refractivity contribution in [1.82, 2.24) is 14.9 Å². The SMILES string of the molecule is CC(C)(COC(=O)NCCCn1ccnc1)N(c1cc(Cl)ccc1CO)S(=O)(=O)c1ccc(Cl)cc1. The molecule has 1 heterocycles. The lowest BCUT2D eigenvalue weighted by molar-refractivity contribution is 0.125. The molecule has 9 nitrogen and oxygen atoms in total. The predicted octanol–water partition coefficient (Wildman–Crippen LogP) is 4.47. The van der Waals surface area contributed by atoms with Crippen LogP contribution < -0.4 is 9.62 Å². The number of aryl methyl sites for hydroxylation is 1. The van der Waals surface area contributed by atoms with Gasteiger partial charge in [-0.2, -0.15) is 0 Å². The second-order valence-electron chi connectivity index (χ2n) is 8.62. The number of nitrogens with one attached hydrogen (secondary N) is 1. The number of amides is 1. The third kappa shape index (κ3) is 6.91. The van der Waals surface area contributed by atoms with Gasteiger partial charge in [0.15, 0.2) is 0 Å². The summed E-state index contributed by atoms with van der Waals surface area (Å²) in [4.78, 5) is 16.3. The van der Waals surface area contributed by atoms with E-state index in [1.165, 1.54) is 30.3 Å². The first-order valence-electron chi connectivity index (χ1n) is 11.1. The van der Waals surface area contributed by atoms with Crippen molar-refractivity contribution < 1.29 is 23.1 Å². The highest BCUT2D eigenvalue weighted by Crippen LogP contribution is 2.36. The Morgan fingerprint density at radius 1 is 1.17 bits per heavy atom. The van der Waals surface area contributed by atoms with Crippen LogP contribution in [-0.4, -0.2) is 47.9 Å². The summed E-state index contributed by atoms with van der Waals surface area (Å²) in [5.74, 6) is 0. The van der Waals surface area contributed by atoms with Gasteiger partial charge < -0.3 is 19.7 Å². The van der Waals surface area contributed by atoms with Gasteiger partial charge >= 0.3 is 6.09 Å². The highest BCUT2D eigenvalue weighted by molar-refractivity contribution is 7.93. The number of benzene rings is 2. The van der Waals surface area contributed by atoms with E-state index in [1.54, 1.807) is 38.5 Å². The zero-order chi connectivity index (χ0) is 26.3. The number of alkyl carbamates (subject to hydrolysis) is 1. The number of sulfonamides is 1. The Bertz CT molecular complexity index is 1270. The number of carbonyl (C=O) groups is 1. The van der Waals surface area contributed by atoms with E-state index < -0.39 is 28.3 Å². The maximum Gasteiger partial charge on any atom is 0.407 e. The number of nitrogens with zero attached hydrogens (tertiary/aromatic N) is 3. The Labute approximate surface area is 220 Å². The number of hydrogen-bond acceptors (Lipinski definition) is 6. The van der Waals surface area contributed by atoms with E-state index in [4.69, 9.17) is 27.9 Å². The standard InChI is InChI=1S/C24H28Cl2N4O5S/c1-24(2,16-35-23(32)28-10-3-12-29-13-11-27-17-29)30(22-14-20(26)5-4-18(22)15-31)36(33,34)21-8-6-19(25)7-9-21/h4-9,11,13-14,17,31H,3,10,12,15-16H2,1-2H3,(H,28,32). The molecule has 0 fully saturated rings. The number of anilines is 1. The van der Waals surface area contributed by atoms with Crippen molar-refractivity contribution in [1.29, 1.82) is 0 Å². The largest absolute Gasteiger partial charge is 0.447 e. The molecule has 3 rings (SSSR count). The average Bonchev–Trinajstić information content (AvgIpc) is 3.34. The monoisotopic (exact) mass is 554 g/mol. The molecule has 194 valence electrons. The van der Waals surface area contributed by atoms with Crippen LogP contribution in [0.3, 0.4) is 0 Å². The van der Waals surface area contributed by atoms with E-state index in [2.05, 4.69) is 10.3 Å². The van der Waals surface area contributed by atoms with E-state index in [9.17, 15) is 18.3 Å². The van der Waals surface area contributed by atoms with Gasteiger partial charge in [-0.3, -0.25) is 4.31 Å². The van der Waals surface area contributed by atoms with E-state index >= 15 is 0 Å². The minimum absolute atomic E-state index is 0.0206. The minimum Gasteiger partial charge on any atom is -0.447 e. The van der Waals surface area contributed by atoms with Crippen LogP contribution in [0.2, 0.25) is 10.0 Å². The molecule has 0 atom stereocenters. The van der Waals surface area contributed by atoms with Crippen molar-refractivity contribution in [2.24, 2.45) is 0 Å². The van der Waals surface area contributed by atoms with Gasteiger partial charge in [-0.15, -0.1) is 0 Å². The summed E-state index contributed by atoms with van der Waals surface area (Å²) in [6.07, 6.45) is 5.18. The number of aromatic nitrogens is 2. The Morgan fingerprint density at radius 3 is 2.50 bits per heavy atom. The fraction of sp³-hybridized carbons (Fsp3) is 0.333. The van der Waals surface area contributed by atoms with Crippen molar-refractivity contribution >= 4 is 45.0 Å². The molecule has 0 radical (unpaired) electrons. The molecule has 2 N–H and O–H groups in total. The fourth-order valence-corrected chi connectivity index (χ4v) is 5.69. The maximum atomic E-state index is 13.8. The molecule has 0 aliphatic heterocycles. The number of halogens is 2. The lowest BCUT2D eigenvalue weighted by Gasteiger charge is -2.39. The Balaban J connectivity index is 1.82. The third-order valence-corrected chi connectivity index (χ3v) is 7.84. The summed E-state index contributed by atoms with van der Waals surface area (Å²) in [6, 6.07) is 10.3. The Kier molecular flexibility index (Phi) is 9.24. The molecule has 1 aromatic heterocycles. The van der Waals surface area contributed by atoms with Crippen LogP contribution in [0.4, 0.5) is 10.5 Å².